The smallest absolute Gasteiger partial charge is 0.462 e. The molecule has 0 aliphatic heterocycles. The van der Waals surface area contributed by atoms with Crippen LogP contribution < -0.4 is 0 Å². The van der Waals surface area contributed by atoms with Crippen molar-refractivity contribution in [1.29, 1.82) is 0 Å². The Labute approximate surface area is 323 Å². The maximum absolute atomic E-state index is 12.6. The zero-order valence-electron chi connectivity index (χ0n) is 34.1. The second-order valence-electron chi connectivity index (χ2n) is 14.9. The molecule has 2 N–H and O–H groups in total. The fourth-order valence-corrected chi connectivity index (χ4v) is 5.92. The van der Waals surface area contributed by atoms with Gasteiger partial charge in [-0.05, 0) is 38.5 Å². The molecule has 0 aliphatic carbocycles. The van der Waals surface area contributed by atoms with Crippen molar-refractivity contribution in [1.82, 2.24) is 0 Å². The number of phosphoric acid groups is 1. The number of rotatable bonds is 36. The zero-order valence-corrected chi connectivity index (χ0v) is 35.0. The topological polar surface area (TPSA) is 129 Å². The van der Waals surface area contributed by atoms with Gasteiger partial charge in [-0.3, -0.25) is 18.6 Å². The Hall–Kier alpha value is -2.07. The molecular formula is C42H77NO9P+. The van der Waals surface area contributed by atoms with Gasteiger partial charge >= 0.3 is 19.8 Å². The van der Waals surface area contributed by atoms with E-state index in [9.17, 15) is 24.2 Å². The monoisotopic (exact) mass is 771 g/mol. The first-order valence-electron chi connectivity index (χ1n) is 20.5. The van der Waals surface area contributed by atoms with Gasteiger partial charge in [-0.2, -0.15) is 0 Å². The summed E-state index contributed by atoms with van der Waals surface area (Å²) in [5.74, 6) is -0.894. The Balaban J connectivity index is 4.53. The molecule has 0 aliphatic rings. The molecule has 0 saturated carbocycles. The van der Waals surface area contributed by atoms with Gasteiger partial charge < -0.3 is 24.0 Å². The van der Waals surface area contributed by atoms with Crippen molar-refractivity contribution in [2.45, 2.75) is 161 Å². The number of hydrogen-bond acceptors (Lipinski definition) is 8. The number of likely N-dealkylation sites (N-methyl/N-ethyl adjacent to an activating group) is 1. The Morgan fingerprint density at radius 1 is 0.679 bits per heavy atom. The molecule has 1 unspecified atom stereocenters. The van der Waals surface area contributed by atoms with Crippen molar-refractivity contribution in [3.63, 3.8) is 0 Å². The summed E-state index contributed by atoms with van der Waals surface area (Å²) in [6.45, 7) is 4.19. The van der Waals surface area contributed by atoms with Gasteiger partial charge in [0.25, 0.3) is 0 Å². The third-order valence-corrected chi connectivity index (χ3v) is 9.45. The second kappa shape index (κ2) is 34.4. The maximum atomic E-state index is 12.6. The van der Waals surface area contributed by atoms with Crippen LogP contribution in [0, 0.1) is 0 Å². The zero-order chi connectivity index (χ0) is 39.5. The first kappa shape index (κ1) is 50.9. The fraction of sp³-hybridized carbons (Fsp3) is 0.762. The van der Waals surface area contributed by atoms with Crippen LogP contribution in [0.3, 0.4) is 0 Å². The first-order valence-corrected chi connectivity index (χ1v) is 22.0. The Kier molecular flexibility index (Phi) is 33.1. The summed E-state index contributed by atoms with van der Waals surface area (Å²) in [6, 6.07) is 0. The minimum Gasteiger partial charge on any atom is -0.462 e. The molecule has 10 nitrogen and oxygen atoms in total. The standard InChI is InChI=1S/C42H76NO9P/c1-6-8-10-11-12-13-15-20-23-26-30-34-42(46)52-40(38-51-53(47,48)50-36-35-43(3,4)5)37-49-41(45)33-29-25-22-19-17-14-16-18-21-24-28-32-39(44)31-27-9-7-2/h14,16,19,21-22,24,28,32,39-40,44H,6-13,15,17-18,20,23,25-27,29-31,33-38H2,1-5H3/p+1/b16-14-,22-19-,24-21-,32-28+/t39-,40-/m1/s1. The number of carbonyl (C=O) groups excluding carboxylic acids is 2. The van der Waals surface area contributed by atoms with Gasteiger partial charge in [-0.15, -0.1) is 0 Å². The average molecular weight is 771 g/mol. The summed E-state index contributed by atoms with van der Waals surface area (Å²) in [6.07, 6.45) is 34.9. The van der Waals surface area contributed by atoms with E-state index in [1.54, 1.807) is 0 Å². The van der Waals surface area contributed by atoms with Crippen molar-refractivity contribution in [2.75, 3.05) is 47.5 Å². The highest BCUT2D eigenvalue weighted by molar-refractivity contribution is 7.47. The third kappa shape index (κ3) is 38.0. The quantitative estimate of drug-likeness (QED) is 0.0160. The first-order chi connectivity index (χ1) is 25.4. The number of hydrogen-bond donors (Lipinski definition) is 2. The summed E-state index contributed by atoms with van der Waals surface area (Å²) in [4.78, 5) is 35.2. The van der Waals surface area contributed by atoms with Gasteiger partial charge in [0.2, 0.25) is 0 Å². The highest BCUT2D eigenvalue weighted by Gasteiger charge is 2.27. The van der Waals surface area contributed by atoms with E-state index in [4.69, 9.17) is 18.5 Å². The SMILES string of the molecule is CCCCCCCCCCCCCC(=O)O[C@H](COC(=O)CCC/C=C\C/C=C\C/C=C\C=C\[C@H](O)CCCCC)COP(=O)(O)OCC[N+](C)(C)C. The summed E-state index contributed by atoms with van der Waals surface area (Å²) < 4.78 is 34.1. The van der Waals surface area contributed by atoms with Crippen LogP contribution in [0.4, 0.5) is 0 Å². The molecule has 0 aromatic rings. The molecule has 53 heavy (non-hydrogen) atoms. The largest absolute Gasteiger partial charge is 0.472 e. The summed E-state index contributed by atoms with van der Waals surface area (Å²) >= 11 is 0. The van der Waals surface area contributed by atoms with Crippen LogP contribution in [0.25, 0.3) is 0 Å². The minimum absolute atomic E-state index is 0.0151. The summed E-state index contributed by atoms with van der Waals surface area (Å²) in [5, 5.41) is 9.89. The molecule has 0 bridgehead atoms. The van der Waals surface area contributed by atoms with Crippen LogP contribution in [0.2, 0.25) is 0 Å². The second-order valence-corrected chi connectivity index (χ2v) is 16.3. The molecule has 0 amide bonds. The minimum atomic E-state index is -4.39. The molecule has 3 atom stereocenters. The fourth-order valence-electron chi connectivity index (χ4n) is 5.17. The Morgan fingerprint density at radius 2 is 1.25 bits per heavy atom. The highest BCUT2D eigenvalue weighted by Crippen LogP contribution is 2.43. The van der Waals surface area contributed by atoms with Crippen molar-refractivity contribution in [2.24, 2.45) is 0 Å². The lowest BCUT2D eigenvalue weighted by atomic mass is 10.1. The van der Waals surface area contributed by atoms with E-state index in [2.05, 4.69) is 32.1 Å². The number of ether oxygens (including phenoxy) is 2. The van der Waals surface area contributed by atoms with E-state index in [-0.39, 0.29) is 32.2 Å². The lowest BCUT2D eigenvalue weighted by Crippen LogP contribution is -2.37. The Morgan fingerprint density at radius 3 is 1.89 bits per heavy atom. The molecule has 0 saturated heterocycles. The number of allylic oxidation sites excluding steroid dienone is 7. The van der Waals surface area contributed by atoms with Crippen LogP contribution in [-0.2, 0) is 32.7 Å². The number of carbonyl (C=O) groups is 2. The third-order valence-electron chi connectivity index (χ3n) is 8.47. The van der Waals surface area contributed by atoms with Crippen molar-refractivity contribution in [3.8, 4) is 0 Å². The lowest BCUT2D eigenvalue weighted by molar-refractivity contribution is -0.870. The van der Waals surface area contributed by atoms with E-state index >= 15 is 0 Å². The van der Waals surface area contributed by atoms with Crippen LogP contribution in [-0.4, -0.2) is 86.1 Å². The van der Waals surface area contributed by atoms with E-state index in [0.29, 0.717) is 30.3 Å². The normalized spacial score (nSPS) is 14.8. The van der Waals surface area contributed by atoms with Gasteiger partial charge in [-0.25, -0.2) is 4.57 Å². The van der Waals surface area contributed by atoms with E-state index < -0.39 is 32.5 Å². The average Bonchev–Trinajstić information content (AvgIpc) is 3.09. The van der Waals surface area contributed by atoms with E-state index in [1.165, 1.54) is 44.9 Å². The van der Waals surface area contributed by atoms with Gasteiger partial charge in [0.1, 0.15) is 19.8 Å². The maximum Gasteiger partial charge on any atom is 0.472 e. The van der Waals surface area contributed by atoms with Crippen LogP contribution in [0.15, 0.2) is 48.6 Å². The summed E-state index contributed by atoms with van der Waals surface area (Å²) in [7, 11) is 1.42. The number of phosphoric ester groups is 1. The van der Waals surface area contributed by atoms with E-state index in [1.807, 2.05) is 51.5 Å². The molecule has 0 aromatic heterocycles. The number of esters is 2. The van der Waals surface area contributed by atoms with Gasteiger partial charge in [0.15, 0.2) is 6.10 Å². The van der Waals surface area contributed by atoms with Crippen molar-refractivity contribution < 1.29 is 47.2 Å². The molecular weight excluding hydrogens is 693 g/mol. The molecule has 0 rings (SSSR count). The molecule has 0 spiro atoms. The molecule has 0 fully saturated rings. The summed E-state index contributed by atoms with van der Waals surface area (Å²) in [5.41, 5.74) is 0. The van der Waals surface area contributed by atoms with Crippen molar-refractivity contribution >= 4 is 19.8 Å². The van der Waals surface area contributed by atoms with Crippen molar-refractivity contribution in [3.05, 3.63) is 48.6 Å². The van der Waals surface area contributed by atoms with Gasteiger partial charge in [-0.1, -0.05) is 146 Å². The molecule has 0 radical (unpaired) electrons. The van der Waals surface area contributed by atoms with Crippen LogP contribution in [0.5, 0.6) is 0 Å². The number of unbranched alkanes of at least 4 members (excludes halogenated alkanes) is 13. The number of aliphatic hydroxyl groups excluding tert-OH is 1. The molecule has 0 aromatic carbocycles. The highest BCUT2D eigenvalue weighted by atomic mass is 31.2. The van der Waals surface area contributed by atoms with Crippen LogP contribution >= 0.6 is 7.82 Å². The molecule has 11 heteroatoms. The number of quaternary nitrogens is 1. The lowest BCUT2D eigenvalue weighted by Gasteiger charge is -2.24. The predicted molar refractivity (Wildman–Crippen MR) is 216 cm³/mol. The molecule has 308 valence electrons. The van der Waals surface area contributed by atoms with E-state index in [0.717, 1.165) is 57.8 Å². The number of nitrogens with zero attached hydrogens (tertiary/aromatic N) is 1. The number of aliphatic hydroxyl groups is 1. The Bertz CT molecular complexity index is 1070. The van der Waals surface area contributed by atoms with Gasteiger partial charge in [0, 0.05) is 12.8 Å². The predicted octanol–water partition coefficient (Wildman–Crippen LogP) is 10.1. The van der Waals surface area contributed by atoms with Gasteiger partial charge in [0.05, 0.1) is 33.9 Å². The molecule has 0 heterocycles. The van der Waals surface area contributed by atoms with Crippen LogP contribution in [0.1, 0.15) is 149 Å².